The lowest BCUT2D eigenvalue weighted by Crippen LogP contribution is -2.41. The van der Waals surface area contributed by atoms with E-state index in [1.54, 1.807) is 7.11 Å². The minimum atomic E-state index is -0.160. The predicted octanol–water partition coefficient (Wildman–Crippen LogP) is 2.40. The van der Waals surface area contributed by atoms with Gasteiger partial charge in [0.1, 0.15) is 12.4 Å². The van der Waals surface area contributed by atoms with Crippen LogP contribution < -0.4 is 4.74 Å². The molecule has 2 fully saturated rings. The van der Waals surface area contributed by atoms with Crippen LogP contribution >= 0.6 is 0 Å². The van der Waals surface area contributed by atoms with Gasteiger partial charge in [0.2, 0.25) is 0 Å². The normalized spacial score (nSPS) is 22.2. The fourth-order valence-corrected chi connectivity index (χ4v) is 3.59. The number of likely N-dealkylation sites (tertiary alicyclic amines) is 1. The van der Waals surface area contributed by atoms with E-state index in [9.17, 15) is 4.79 Å². The van der Waals surface area contributed by atoms with Gasteiger partial charge in [-0.3, -0.25) is 0 Å². The van der Waals surface area contributed by atoms with Gasteiger partial charge in [0.15, 0.2) is 0 Å². The predicted molar refractivity (Wildman–Crippen MR) is 88.8 cm³/mol. The zero-order valence-electron chi connectivity index (χ0n) is 13.9. The summed E-state index contributed by atoms with van der Waals surface area (Å²) in [6.45, 7) is 5.22. The fourth-order valence-electron chi connectivity index (χ4n) is 3.59. The van der Waals surface area contributed by atoms with Crippen molar-refractivity contribution in [2.75, 3.05) is 46.4 Å². The minimum absolute atomic E-state index is 0.160. The molecule has 0 aromatic heterocycles. The number of methoxy groups -OCH3 is 1. The molecule has 1 aromatic rings. The average Bonchev–Trinajstić information content (AvgIpc) is 2.99. The Balaban J connectivity index is 1.50. The van der Waals surface area contributed by atoms with Crippen LogP contribution in [-0.4, -0.2) is 62.3 Å². The van der Waals surface area contributed by atoms with E-state index in [1.165, 1.54) is 18.4 Å². The number of benzene rings is 1. The quantitative estimate of drug-likeness (QED) is 0.808. The van der Waals surface area contributed by atoms with Gasteiger partial charge in [-0.25, -0.2) is 4.79 Å². The van der Waals surface area contributed by atoms with Crippen molar-refractivity contribution in [2.45, 2.75) is 19.3 Å². The molecular formula is C18H26N2O3. The minimum Gasteiger partial charge on any atom is -0.496 e. The highest BCUT2D eigenvalue weighted by molar-refractivity contribution is 5.69. The first-order valence-electron chi connectivity index (χ1n) is 8.52. The molecule has 0 N–H and O–H groups in total. The Morgan fingerprint density at radius 2 is 2.13 bits per heavy atom. The molecule has 5 nitrogen and oxygen atoms in total. The number of amides is 1. The second kappa shape index (κ2) is 7.68. The van der Waals surface area contributed by atoms with Crippen LogP contribution in [0, 0.1) is 5.92 Å². The molecule has 1 atom stereocenters. The third-order valence-electron chi connectivity index (χ3n) is 4.84. The van der Waals surface area contributed by atoms with Crippen LogP contribution in [0.1, 0.15) is 18.4 Å². The molecule has 1 amide bonds. The summed E-state index contributed by atoms with van der Waals surface area (Å²) >= 11 is 0. The van der Waals surface area contributed by atoms with Gasteiger partial charge in [-0.1, -0.05) is 18.2 Å². The number of para-hydroxylation sites is 1. The van der Waals surface area contributed by atoms with Crippen LogP contribution in [-0.2, 0) is 11.2 Å². The molecule has 0 spiro atoms. The third-order valence-corrected chi connectivity index (χ3v) is 4.84. The SMILES string of the molecule is COc1ccccc1CC1CCCN(CCN2CCOC2=O)C1. The lowest BCUT2D eigenvalue weighted by molar-refractivity contribution is 0.140. The van der Waals surface area contributed by atoms with Crippen LogP contribution in [0.15, 0.2) is 24.3 Å². The molecule has 2 saturated heterocycles. The summed E-state index contributed by atoms with van der Waals surface area (Å²) in [5.41, 5.74) is 1.30. The van der Waals surface area contributed by atoms with Gasteiger partial charge in [0, 0.05) is 19.6 Å². The second-order valence-corrected chi connectivity index (χ2v) is 6.43. The highest BCUT2D eigenvalue weighted by Crippen LogP contribution is 2.26. The van der Waals surface area contributed by atoms with Crippen molar-refractivity contribution in [3.05, 3.63) is 29.8 Å². The van der Waals surface area contributed by atoms with Gasteiger partial charge in [-0.2, -0.15) is 0 Å². The monoisotopic (exact) mass is 318 g/mol. The van der Waals surface area contributed by atoms with Crippen molar-refractivity contribution in [1.82, 2.24) is 9.80 Å². The maximum atomic E-state index is 11.5. The second-order valence-electron chi connectivity index (χ2n) is 6.43. The van der Waals surface area contributed by atoms with Crippen molar-refractivity contribution in [2.24, 2.45) is 5.92 Å². The number of rotatable bonds is 6. The fraction of sp³-hybridized carbons (Fsp3) is 0.611. The molecule has 0 bridgehead atoms. The Morgan fingerprint density at radius 3 is 2.91 bits per heavy atom. The molecule has 0 saturated carbocycles. The van der Waals surface area contributed by atoms with Crippen molar-refractivity contribution in [3.8, 4) is 5.75 Å². The number of ether oxygens (including phenoxy) is 2. The van der Waals surface area contributed by atoms with Gasteiger partial charge in [-0.15, -0.1) is 0 Å². The van der Waals surface area contributed by atoms with Crippen molar-refractivity contribution in [1.29, 1.82) is 0 Å². The van der Waals surface area contributed by atoms with E-state index in [4.69, 9.17) is 9.47 Å². The highest BCUT2D eigenvalue weighted by atomic mass is 16.6. The maximum Gasteiger partial charge on any atom is 0.409 e. The number of carbonyl (C=O) groups is 1. The van der Waals surface area contributed by atoms with E-state index in [2.05, 4.69) is 17.0 Å². The molecular weight excluding hydrogens is 292 g/mol. The molecule has 0 aliphatic carbocycles. The van der Waals surface area contributed by atoms with Crippen molar-refractivity contribution >= 4 is 6.09 Å². The summed E-state index contributed by atoms with van der Waals surface area (Å²) in [5, 5.41) is 0. The molecule has 0 radical (unpaired) electrons. The molecule has 1 unspecified atom stereocenters. The summed E-state index contributed by atoms with van der Waals surface area (Å²) in [4.78, 5) is 15.8. The van der Waals surface area contributed by atoms with Crippen LogP contribution in [0.4, 0.5) is 4.79 Å². The summed E-state index contributed by atoms with van der Waals surface area (Å²) < 4.78 is 10.5. The standard InChI is InChI=1S/C18H26N2O3/c1-22-17-7-3-2-6-16(17)13-15-5-4-8-19(14-15)9-10-20-11-12-23-18(20)21/h2-3,6-7,15H,4-5,8-14H2,1H3. The number of nitrogens with zero attached hydrogens (tertiary/aromatic N) is 2. The first kappa shape index (κ1) is 16.1. The molecule has 3 rings (SSSR count). The number of cyclic esters (lactones) is 1. The number of hydrogen-bond donors (Lipinski definition) is 0. The topological polar surface area (TPSA) is 42.0 Å². The zero-order valence-corrected chi connectivity index (χ0v) is 13.9. The largest absolute Gasteiger partial charge is 0.496 e. The molecule has 23 heavy (non-hydrogen) atoms. The first-order valence-corrected chi connectivity index (χ1v) is 8.52. The van der Waals surface area contributed by atoms with E-state index in [1.807, 2.05) is 17.0 Å². The lowest BCUT2D eigenvalue weighted by Gasteiger charge is -2.33. The molecule has 2 aliphatic rings. The third kappa shape index (κ3) is 4.16. The molecule has 2 heterocycles. The molecule has 1 aromatic carbocycles. The van der Waals surface area contributed by atoms with Crippen molar-refractivity contribution in [3.63, 3.8) is 0 Å². The van der Waals surface area contributed by atoms with Gasteiger partial charge < -0.3 is 19.3 Å². The Hall–Kier alpha value is -1.75. The number of hydrogen-bond acceptors (Lipinski definition) is 4. The smallest absolute Gasteiger partial charge is 0.409 e. The van der Waals surface area contributed by atoms with E-state index < -0.39 is 0 Å². The summed E-state index contributed by atoms with van der Waals surface area (Å²) in [5.74, 6) is 1.65. The van der Waals surface area contributed by atoms with E-state index in [-0.39, 0.29) is 6.09 Å². The van der Waals surface area contributed by atoms with Gasteiger partial charge in [-0.05, 0) is 43.4 Å². The first-order chi connectivity index (χ1) is 11.3. The summed E-state index contributed by atoms with van der Waals surface area (Å²) in [6.07, 6.45) is 3.39. The summed E-state index contributed by atoms with van der Waals surface area (Å²) in [6, 6.07) is 8.30. The van der Waals surface area contributed by atoms with Crippen LogP contribution in [0.2, 0.25) is 0 Å². The van der Waals surface area contributed by atoms with Crippen LogP contribution in [0.3, 0.4) is 0 Å². The Bertz CT molecular complexity index is 535. The van der Waals surface area contributed by atoms with Crippen LogP contribution in [0.5, 0.6) is 5.75 Å². The maximum absolute atomic E-state index is 11.5. The van der Waals surface area contributed by atoms with Crippen molar-refractivity contribution < 1.29 is 14.3 Å². The lowest BCUT2D eigenvalue weighted by atomic mass is 9.91. The molecule has 5 heteroatoms. The Kier molecular flexibility index (Phi) is 5.39. The Labute approximate surface area is 138 Å². The summed E-state index contributed by atoms with van der Waals surface area (Å²) in [7, 11) is 1.74. The van der Waals surface area contributed by atoms with Gasteiger partial charge in [0.25, 0.3) is 0 Å². The van der Waals surface area contributed by atoms with Crippen LogP contribution in [0.25, 0.3) is 0 Å². The van der Waals surface area contributed by atoms with E-state index >= 15 is 0 Å². The van der Waals surface area contributed by atoms with E-state index in [0.717, 1.165) is 44.9 Å². The number of carbonyl (C=O) groups excluding carboxylic acids is 1. The zero-order chi connectivity index (χ0) is 16.1. The average molecular weight is 318 g/mol. The van der Waals surface area contributed by atoms with E-state index in [0.29, 0.717) is 12.5 Å². The highest BCUT2D eigenvalue weighted by Gasteiger charge is 2.25. The molecule has 126 valence electrons. The van der Waals surface area contributed by atoms with Gasteiger partial charge in [0.05, 0.1) is 13.7 Å². The molecule has 2 aliphatic heterocycles. The number of piperidine rings is 1. The van der Waals surface area contributed by atoms with Gasteiger partial charge >= 0.3 is 6.09 Å². The Morgan fingerprint density at radius 1 is 1.26 bits per heavy atom.